The number of anilines is 2. The van der Waals surface area contributed by atoms with Crippen molar-refractivity contribution in [2.24, 2.45) is 0 Å². The molecule has 5 heteroatoms. The van der Waals surface area contributed by atoms with Crippen LogP contribution in [-0.2, 0) is 6.54 Å². The first-order chi connectivity index (χ1) is 8.06. The third kappa shape index (κ3) is 3.35. The van der Waals surface area contributed by atoms with E-state index in [4.69, 9.17) is 5.73 Å². The van der Waals surface area contributed by atoms with Crippen molar-refractivity contribution >= 4 is 61.2 Å². The van der Waals surface area contributed by atoms with Gasteiger partial charge in [0.05, 0.1) is 9.47 Å². The lowest BCUT2D eigenvalue weighted by atomic mass is 10.2. The second kappa shape index (κ2) is 5.58. The third-order valence-electron chi connectivity index (χ3n) is 2.42. The molecule has 0 fully saturated rings. The Morgan fingerprint density at radius 2 is 2.18 bits per heavy atom. The van der Waals surface area contributed by atoms with Crippen molar-refractivity contribution in [1.82, 2.24) is 0 Å². The molecule has 0 unspecified atom stereocenters. The van der Waals surface area contributed by atoms with Gasteiger partial charge in [-0.3, -0.25) is 0 Å². The fraction of sp³-hybridized carbons (Fsp3) is 0.167. The molecular formula is C12H12BrIN2S. The van der Waals surface area contributed by atoms with Crippen LogP contribution in [0.3, 0.4) is 0 Å². The van der Waals surface area contributed by atoms with E-state index in [1.807, 2.05) is 12.1 Å². The van der Waals surface area contributed by atoms with Crippen molar-refractivity contribution in [1.29, 1.82) is 0 Å². The molecule has 1 aromatic heterocycles. The molecule has 0 saturated heterocycles. The van der Waals surface area contributed by atoms with Crippen molar-refractivity contribution < 1.29 is 0 Å². The number of benzene rings is 1. The summed E-state index contributed by atoms with van der Waals surface area (Å²) in [6, 6.07) is 8.16. The Bertz CT molecular complexity index is 527. The van der Waals surface area contributed by atoms with Gasteiger partial charge in [-0.05, 0) is 73.7 Å². The maximum atomic E-state index is 5.76. The van der Waals surface area contributed by atoms with E-state index in [1.165, 1.54) is 18.6 Å². The number of halogens is 2. The number of hydrogen-bond donors (Lipinski definition) is 1. The van der Waals surface area contributed by atoms with Crippen molar-refractivity contribution in [3.8, 4) is 0 Å². The van der Waals surface area contributed by atoms with E-state index in [1.54, 1.807) is 11.3 Å². The predicted octanol–water partition coefficient (Wildman–Crippen LogP) is 4.33. The van der Waals surface area contributed by atoms with Gasteiger partial charge >= 0.3 is 0 Å². The summed E-state index contributed by atoms with van der Waals surface area (Å²) in [5.41, 5.74) is 9.09. The molecule has 0 aliphatic carbocycles. The topological polar surface area (TPSA) is 29.3 Å². The molecule has 0 atom stereocenters. The average molecular weight is 423 g/mol. The molecule has 0 spiro atoms. The summed E-state index contributed by atoms with van der Waals surface area (Å²) in [5.74, 6) is 0. The fourth-order valence-electron chi connectivity index (χ4n) is 1.62. The molecule has 0 amide bonds. The third-order valence-corrected chi connectivity index (χ3v) is 4.84. The quantitative estimate of drug-likeness (QED) is 0.589. The lowest BCUT2D eigenvalue weighted by Gasteiger charge is -2.20. The van der Waals surface area contributed by atoms with Crippen LogP contribution in [0.2, 0.25) is 0 Å². The molecule has 0 radical (unpaired) electrons. The van der Waals surface area contributed by atoms with Crippen molar-refractivity contribution in [3.05, 3.63) is 42.6 Å². The lowest BCUT2D eigenvalue weighted by molar-refractivity contribution is 0.924. The SMILES string of the molecule is CN(Cc1csc(Br)c1)c1ccc(N)cc1I. The van der Waals surface area contributed by atoms with Crippen molar-refractivity contribution in [2.75, 3.05) is 17.7 Å². The summed E-state index contributed by atoms with van der Waals surface area (Å²) < 4.78 is 2.35. The Kier molecular flexibility index (Phi) is 4.32. The van der Waals surface area contributed by atoms with E-state index >= 15 is 0 Å². The maximum Gasteiger partial charge on any atom is 0.0701 e. The Morgan fingerprint density at radius 1 is 1.41 bits per heavy atom. The first-order valence-corrected chi connectivity index (χ1v) is 7.80. The highest BCUT2D eigenvalue weighted by molar-refractivity contribution is 14.1. The summed E-state index contributed by atoms with van der Waals surface area (Å²) in [5, 5.41) is 2.17. The second-order valence-corrected chi connectivity index (χ2v) is 7.28. The predicted molar refractivity (Wildman–Crippen MR) is 87.7 cm³/mol. The molecule has 2 nitrogen and oxygen atoms in total. The van der Waals surface area contributed by atoms with Gasteiger partial charge < -0.3 is 10.6 Å². The monoisotopic (exact) mass is 422 g/mol. The largest absolute Gasteiger partial charge is 0.399 e. The molecule has 2 N–H and O–H groups in total. The number of nitrogens with zero attached hydrogens (tertiary/aromatic N) is 1. The summed E-state index contributed by atoms with van der Waals surface area (Å²) in [6.45, 7) is 0.905. The van der Waals surface area contributed by atoms with Crippen LogP contribution < -0.4 is 10.6 Å². The van der Waals surface area contributed by atoms with Crippen LogP contribution >= 0.6 is 49.9 Å². The zero-order chi connectivity index (χ0) is 12.4. The number of thiophene rings is 1. The standard InChI is InChI=1S/C12H12BrIN2S/c1-16(6-8-4-12(13)17-7-8)11-3-2-9(15)5-10(11)14/h2-5,7H,6,15H2,1H3. The van der Waals surface area contributed by atoms with Crippen LogP contribution in [0.1, 0.15) is 5.56 Å². The number of hydrogen-bond acceptors (Lipinski definition) is 3. The zero-order valence-corrected chi connectivity index (χ0v) is 13.8. The van der Waals surface area contributed by atoms with Gasteiger partial charge in [-0.2, -0.15) is 0 Å². The van der Waals surface area contributed by atoms with Gasteiger partial charge in [-0.25, -0.2) is 0 Å². The first kappa shape index (κ1) is 13.2. The van der Waals surface area contributed by atoms with Crippen LogP contribution in [-0.4, -0.2) is 7.05 Å². The van der Waals surface area contributed by atoms with Crippen molar-refractivity contribution in [3.63, 3.8) is 0 Å². The van der Waals surface area contributed by atoms with Gasteiger partial charge in [0.1, 0.15) is 0 Å². The smallest absolute Gasteiger partial charge is 0.0701 e. The van der Waals surface area contributed by atoms with Gasteiger partial charge in [0.2, 0.25) is 0 Å². The van der Waals surface area contributed by atoms with E-state index < -0.39 is 0 Å². The van der Waals surface area contributed by atoms with Gasteiger partial charge in [-0.15, -0.1) is 11.3 Å². The summed E-state index contributed by atoms with van der Waals surface area (Å²) in [6.07, 6.45) is 0. The molecule has 2 aromatic rings. The van der Waals surface area contributed by atoms with Crippen LogP contribution in [0.4, 0.5) is 11.4 Å². The highest BCUT2D eigenvalue weighted by atomic mass is 127. The van der Waals surface area contributed by atoms with Crippen LogP contribution in [0.15, 0.2) is 33.4 Å². The highest BCUT2D eigenvalue weighted by Gasteiger charge is 2.07. The minimum absolute atomic E-state index is 0.810. The fourth-order valence-corrected chi connectivity index (χ4v) is 3.77. The molecule has 1 heterocycles. The maximum absolute atomic E-state index is 5.76. The van der Waals surface area contributed by atoms with Gasteiger partial charge in [0, 0.05) is 22.8 Å². The van der Waals surface area contributed by atoms with Crippen LogP contribution in [0, 0.1) is 3.57 Å². The first-order valence-electron chi connectivity index (χ1n) is 5.05. The Balaban J connectivity index is 2.17. The number of rotatable bonds is 3. The summed E-state index contributed by atoms with van der Waals surface area (Å²) >= 11 is 7.52. The second-order valence-electron chi connectivity index (χ2n) is 3.83. The average Bonchev–Trinajstić information content (AvgIpc) is 2.63. The molecule has 0 bridgehead atoms. The number of nitrogen functional groups attached to an aromatic ring is 1. The summed E-state index contributed by atoms with van der Waals surface area (Å²) in [4.78, 5) is 2.23. The molecule has 2 rings (SSSR count). The minimum Gasteiger partial charge on any atom is -0.399 e. The Morgan fingerprint density at radius 3 is 2.76 bits per heavy atom. The Hall–Kier alpha value is -0.270. The molecule has 90 valence electrons. The van der Waals surface area contributed by atoms with Gasteiger partial charge in [0.25, 0.3) is 0 Å². The number of nitrogens with two attached hydrogens (primary N) is 1. The summed E-state index contributed by atoms with van der Waals surface area (Å²) in [7, 11) is 2.10. The van der Waals surface area contributed by atoms with Gasteiger partial charge in [0.15, 0.2) is 0 Å². The van der Waals surface area contributed by atoms with Gasteiger partial charge in [-0.1, -0.05) is 0 Å². The van der Waals surface area contributed by atoms with E-state index in [-0.39, 0.29) is 0 Å². The van der Waals surface area contributed by atoms with E-state index in [0.717, 1.165) is 12.2 Å². The highest BCUT2D eigenvalue weighted by Crippen LogP contribution is 2.27. The molecule has 1 aromatic carbocycles. The molecule has 0 aliphatic rings. The molecule has 17 heavy (non-hydrogen) atoms. The van der Waals surface area contributed by atoms with Crippen LogP contribution in [0.5, 0.6) is 0 Å². The zero-order valence-electron chi connectivity index (χ0n) is 9.28. The minimum atomic E-state index is 0.810. The lowest BCUT2D eigenvalue weighted by Crippen LogP contribution is -2.17. The van der Waals surface area contributed by atoms with E-state index in [0.29, 0.717) is 0 Å². The van der Waals surface area contributed by atoms with Crippen molar-refractivity contribution in [2.45, 2.75) is 6.54 Å². The van der Waals surface area contributed by atoms with E-state index in [9.17, 15) is 0 Å². The molecule has 0 saturated carbocycles. The van der Waals surface area contributed by atoms with E-state index in [2.05, 4.69) is 68.0 Å². The molecule has 0 aliphatic heterocycles. The normalized spacial score (nSPS) is 10.5. The Labute approximate surface area is 127 Å². The van der Waals surface area contributed by atoms with Crippen LogP contribution in [0.25, 0.3) is 0 Å². The molecular weight excluding hydrogens is 411 g/mol.